The Kier molecular flexibility index (Phi) is 6.27. The van der Waals surface area contributed by atoms with E-state index in [-0.39, 0.29) is 23.2 Å². The van der Waals surface area contributed by atoms with Gasteiger partial charge in [0, 0.05) is 12.1 Å². The Labute approximate surface area is 154 Å². The molecule has 0 saturated carbocycles. The molecule has 1 aromatic heterocycles. The number of carbonyl (C=O) groups is 1. The molecule has 2 aromatic rings. The topological polar surface area (TPSA) is 51.0 Å². The predicted octanol–water partition coefficient (Wildman–Crippen LogP) is 4.01. The number of thioether (sulfide) groups is 1. The molecule has 5 nitrogen and oxygen atoms in total. The van der Waals surface area contributed by atoms with Crippen LogP contribution in [0.15, 0.2) is 29.4 Å². The fourth-order valence-electron chi connectivity index (χ4n) is 3.03. The molecule has 136 valence electrons. The molecule has 0 fully saturated rings. The van der Waals surface area contributed by atoms with Crippen LogP contribution in [0.25, 0.3) is 5.69 Å². The molecular weight excluding hydrogens is 332 g/mol. The van der Waals surface area contributed by atoms with E-state index >= 15 is 0 Å². The van der Waals surface area contributed by atoms with E-state index in [2.05, 4.69) is 56.9 Å². The summed E-state index contributed by atoms with van der Waals surface area (Å²) in [6.45, 7) is 14.1. The molecule has 0 spiro atoms. The minimum absolute atomic E-state index is 0.131. The highest BCUT2D eigenvalue weighted by molar-refractivity contribution is 8.00. The van der Waals surface area contributed by atoms with Crippen LogP contribution in [0.4, 0.5) is 0 Å². The minimum atomic E-state index is -0.226. The van der Waals surface area contributed by atoms with Crippen LogP contribution in [-0.2, 0) is 4.79 Å². The number of hydrogen-bond acceptors (Lipinski definition) is 4. The Morgan fingerprint density at radius 1 is 1.04 bits per heavy atom. The Hall–Kier alpha value is -1.82. The average molecular weight is 361 g/mol. The Balaban J connectivity index is 2.30. The molecule has 2 rings (SSSR count). The predicted molar refractivity (Wildman–Crippen MR) is 103 cm³/mol. The third-order valence-electron chi connectivity index (χ3n) is 4.15. The van der Waals surface area contributed by atoms with Crippen LogP contribution in [0.1, 0.15) is 46.0 Å². The molecule has 0 radical (unpaired) electrons. The number of para-hydroxylation sites is 1. The van der Waals surface area contributed by atoms with E-state index in [1.54, 1.807) is 0 Å². The van der Waals surface area contributed by atoms with Crippen molar-refractivity contribution in [2.75, 3.05) is 0 Å². The van der Waals surface area contributed by atoms with Gasteiger partial charge in [-0.3, -0.25) is 9.36 Å². The SMILES string of the molecule is Cc1ccccc1-n1c(C)nnc1SC(C)C(=O)N(C(C)C)C(C)C. The summed E-state index contributed by atoms with van der Waals surface area (Å²) in [5.41, 5.74) is 2.20. The van der Waals surface area contributed by atoms with Crippen LogP contribution in [-0.4, -0.2) is 42.9 Å². The van der Waals surface area contributed by atoms with Crippen molar-refractivity contribution in [1.29, 1.82) is 0 Å². The number of rotatable bonds is 6. The fourth-order valence-corrected chi connectivity index (χ4v) is 4.00. The number of hydrogen-bond donors (Lipinski definition) is 0. The first-order valence-corrected chi connectivity index (χ1v) is 9.58. The van der Waals surface area contributed by atoms with E-state index in [1.165, 1.54) is 11.8 Å². The maximum Gasteiger partial charge on any atom is 0.236 e. The molecule has 1 unspecified atom stereocenters. The van der Waals surface area contributed by atoms with Crippen molar-refractivity contribution < 1.29 is 4.79 Å². The van der Waals surface area contributed by atoms with E-state index in [0.717, 1.165) is 22.2 Å². The summed E-state index contributed by atoms with van der Waals surface area (Å²) < 4.78 is 2.03. The summed E-state index contributed by atoms with van der Waals surface area (Å²) in [6.07, 6.45) is 0. The summed E-state index contributed by atoms with van der Waals surface area (Å²) in [4.78, 5) is 14.8. The van der Waals surface area contributed by atoms with Gasteiger partial charge in [0.05, 0.1) is 10.9 Å². The molecule has 6 heteroatoms. The summed E-state index contributed by atoms with van der Waals surface area (Å²) >= 11 is 1.46. The van der Waals surface area contributed by atoms with Crippen molar-refractivity contribution >= 4 is 17.7 Å². The maximum absolute atomic E-state index is 12.9. The summed E-state index contributed by atoms with van der Waals surface area (Å²) in [5, 5.41) is 9.06. The Morgan fingerprint density at radius 2 is 1.64 bits per heavy atom. The fraction of sp³-hybridized carbons (Fsp3) is 0.526. The standard InChI is InChI=1S/C19H28N4OS/c1-12(2)22(13(3)4)18(24)15(6)25-19-21-20-16(7)23(19)17-11-9-8-10-14(17)5/h8-13,15H,1-7H3. The molecule has 1 amide bonds. The number of aryl methyl sites for hydroxylation is 2. The molecule has 0 aliphatic rings. The lowest BCUT2D eigenvalue weighted by Gasteiger charge is -2.32. The molecule has 1 heterocycles. The van der Waals surface area contributed by atoms with Gasteiger partial charge in [-0.25, -0.2) is 0 Å². The lowest BCUT2D eigenvalue weighted by Crippen LogP contribution is -2.45. The van der Waals surface area contributed by atoms with E-state index < -0.39 is 0 Å². The number of benzene rings is 1. The van der Waals surface area contributed by atoms with Gasteiger partial charge in [-0.05, 0) is 60.1 Å². The van der Waals surface area contributed by atoms with Crippen LogP contribution in [0.5, 0.6) is 0 Å². The van der Waals surface area contributed by atoms with Gasteiger partial charge < -0.3 is 4.90 Å². The molecular formula is C19H28N4OS. The zero-order valence-corrected chi connectivity index (χ0v) is 17.0. The zero-order chi connectivity index (χ0) is 18.7. The second kappa shape index (κ2) is 8.04. The summed E-state index contributed by atoms with van der Waals surface area (Å²) in [7, 11) is 0. The van der Waals surface area contributed by atoms with Gasteiger partial charge in [0.2, 0.25) is 5.91 Å². The Morgan fingerprint density at radius 3 is 2.20 bits per heavy atom. The van der Waals surface area contributed by atoms with E-state index in [4.69, 9.17) is 0 Å². The third-order valence-corrected chi connectivity index (χ3v) is 5.18. The van der Waals surface area contributed by atoms with Crippen molar-refractivity contribution in [1.82, 2.24) is 19.7 Å². The first-order valence-electron chi connectivity index (χ1n) is 8.70. The smallest absolute Gasteiger partial charge is 0.236 e. The molecule has 0 N–H and O–H groups in total. The highest BCUT2D eigenvalue weighted by atomic mass is 32.2. The molecule has 1 aromatic carbocycles. The van der Waals surface area contributed by atoms with Crippen molar-refractivity contribution in [3.63, 3.8) is 0 Å². The van der Waals surface area contributed by atoms with Crippen LogP contribution < -0.4 is 0 Å². The highest BCUT2D eigenvalue weighted by Crippen LogP contribution is 2.28. The quantitative estimate of drug-likeness (QED) is 0.730. The molecule has 0 bridgehead atoms. The summed E-state index contributed by atoms with van der Waals surface area (Å²) in [5.74, 6) is 0.952. The number of carbonyl (C=O) groups excluding carboxylic acids is 1. The second-order valence-corrected chi connectivity index (χ2v) is 8.15. The largest absolute Gasteiger partial charge is 0.337 e. The van der Waals surface area contributed by atoms with Gasteiger partial charge in [-0.15, -0.1) is 10.2 Å². The lowest BCUT2D eigenvalue weighted by molar-refractivity contribution is -0.133. The normalized spacial score (nSPS) is 12.7. The molecule has 0 aliphatic heterocycles. The van der Waals surface area contributed by atoms with Crippen LogP contribution in [0.2, 0.25) is 0 Å². The first kappa shape index (κ1) is 19.5. The van der Waals surface area contributed by atoms with Crippen molar-refractivity contribution in [3.8, 4) is 5.69 Å². The van der Waals surface area contributed by atoms with Crippen molar-refractivity contribution in [3.05, 3.63) is 35.7 Å². The van der Waals surface area contributed by atoms with Gasteiger partial charge in [0.1, 0.15) is 5.82 Å². The van der Waals surface area contributed by atoms with Crippen molar-refractivity contribution in [2.24, 2.45) is 0 Å². The first-order chi connectivity index (χ1) is 11.7. The average Bonchev–Trinajstić information content (AvgIpc) is 2.87. The number of aromatic nitrogens is 3. The highest BCUT2D eigenvalue weighted by Gasteiger charge is 2.27. The van der Waals surface area contributed by atoms with E-state index in [9.17, 15) is 4.79 Å². The van der Waals surface area contributed by atoms with Crippen LogP contribution in [0.3, 0.4) is 0 Å². The molecule has 25 heavy (non-hydrogen) atoms. The van der Waals surface area contributed by atoms with Gasteiger partial charge in [0.25, 0.3) is 0 Å². The Bertz CT molecular complexity index is 731. The molecule has 0 saturated heterocycles. The van der Waals surface area contributed by atoms with Gasteiger partial charge in [-0.2, -0.15) is 0 Å². The third kappa shape index (κ3) is 4.24. The monoisotopic (exact) mass is 360 g/mol. The zero-order valence-electron chi connectivity index (χ0n) is 16.1. The molecule has 0 aliphatic carbocycles. The van der Waals surface area contributed by atoms with Crippen LogP contribution >= 0.6 is 11.8 Å². The van der Waals surface area contributed by atoms with Gasteiger partial charge in [-0.1, -0.05) is 30.0 Å². The maximum atomic E-state index is 12.9. The van der Waals surface area contributed by atoms with E-state index in [0.29, 0.717) is 0 Å². The number of nitrogens with zero attached hydrogens (tertiary/aromatic N) is 4. The van der Waals surface area contributed by atoms with Crippen LogP contribution in [0, 0.1) is 13.8 Å². The van der Waals surface area contributed by atoms with Gasteiger partial charge in [0.15, 0.2) is 5.16 Å². The van der Waals surface area contributed by atoms with Gasteiger partial charge >= 0.3 is 0 Å². The van der Waals surface area contributed by atoms with E-state index in [1.807, 2.05) is 35.4 Å². The second-order valence-electron chi connectivity index (χ2n) is 6.84. The lowest BCUT2D eigenvalue weighted by atomic mass is 10.2. The van der Waals surface area contributed by atoms with Crippen molar-refractivity contribution in [2.45, 2.75) is 71.0 Å². The number of amides is 1. The molecule has 1 atom stereocenters. The minimum Gasteiger partial charge on any atom is -0.337 e. The summed E-state index contributed by atoms with van der Waals surface area (Å²) in [6, 6.07) is 8.48.